The Morgan fingerprint density at radius 1 is 0.974 bits per heavy atom. The predicted octanol–water partition coefficient (Wildman–Crippen LogP) is 10.6. The van der Waals surface area contributed by atoms with E-state index in [0.717, 1.165) is 31.1 Å². The molecule has 0 N–H and O–H groups in total. The Labute approximate surface area is 232 Å². The molecule has 5 rings (SSSR count). The fourth-order valence-corrected chi connectivity index (χ4v) is 7.47. The molecule has 2 aromatic carbocycles. The van der Waals surface area contributed by atoms with Crippen molar-refractivity contribution in [1.29, 1.82) is 0 Å². The minimum absolute atomic E-state index is 0.291. The topological polar surface area (TPSA) is 0 Å². The highest BCUT2D eigenvalue weighted by Gasteiger charge is 2.31. The van der Waals surface area contributed by atoms with Crippen LogP contribution in [0, 0.1) is 42.9 Å². The Bertz CT molecular complexity index is 1300. The van der Waals surface area contributed by atoms with Gasteiger partial charge in [-0.15, -0.1) is 0 Å². The van der Waals surface area contributed by atoms with Crippen LogP contribution in [-0.2, 0) is 12.8 Å². The summed E-state index contributed by atoms with van der Waals surface area (Å²) in [5.41, 5.74) is 14.7. The molecule has 0 heteroatoms. The lowest BCUT2D eigenvalue weighted by Gasteiger charge is -2.33. The zero-order valence-corrected chi connectivity index (χ0v) is 24.8. The molecule has 200 valence electrons. The van der Waals surface area contributed by atoms with E-state index in [9.17, 15) is 0 Å². The fourth-order valence-electron chi connectivity index (χ4n) is 7.47. The van der Waals surface area contributed by atoms with Crippen LogP contribution in [0.1, 0.15) is 87.6 Å². The van der Waals surface area contributed by atoms with E-state index in [0.29, 0.717) is 17.3 Å². The number of hydrogen-bond donors (Lipinski definition) is 0. The van der Waals surface area contributed by atoms with Crippen LogP contribution < -0.4 is 0 Å². The second-order valence-electron chi connectivity index (χ2n) is 14.0. The van der Waals surface area contributed by atoms with Gasteiger partial charge in [0.05, 0.1) is 0 Å². The molecule has 0 aliphatic heterocycles. The summed E-state index contributed by atoms with van der Waals surface area (Å²) in [6.07, 6.45) is 15.7. The van der Waals surface area contributed by atoms with Crippen molar-refractivity contribution in [2.24, 2.45) is 29.1 Å². The summed E-state index contributed by atoms with van der Waals surface area (Å²) in [4.78, 5) is 0. The molecule has 2 aromatic rings. The van der Waals surface area contributed by atoms with E-state index in [1.165, 1.54) is 75.8 Å². The molecule has 3 aliphatic carbocycles. The second kappa shape index (κ2) is 10.5. The monoisotopic (exact) mass is 504 g/mol. The van der Waals surface area contributed by atoms with Crippen molar-refractivity contribution < 1.29 is 0 Å². The fraction of sp³-hybridized carbons (Fsp3) is 0.474. The zero-order valence-electron chi connectivity index (χ0n) is 24.8. The Balaban J connectivity index is 1.41. The molecule has 0 aromatic heterocycles. The summed E-state index contributed by atoms with van der Waals surface area (Å²) in [7, 11) is 0. The number of allylic oxidation sites excluding steroid dienone is 5. The smallest absolute Gasteiger partial charge is 0.00827 e. The van der Waals surface area contributed by atoms with E-state index in [-0.39, 0.29) is 0 Å². The van der Waals surface area contributed by atoms with Gasteiger partial charge in [-0.3, -0.25) is 0 Å². The van der Waals surface area contributed by atoms with Crippen LogP contribution in [-0.4, -0.2) is 0 Å². The van der Waals surface area contributed by atoms with Crippen molar-refractivity contribution in [2.75, 3.05) is 0 Å². The molecule has 0 saturated heterocycles. The molecule has 0 radical (unpaired) electrons. The lowest BCUT2D eigenvalue weighted by molar-refractivity contribution is 0.334. The second-order valence-corrected chi connectivity index (χ2v) is 14.0. The van der Waals surface area contributed by atoms with E-state index in [1.807, 2.05) is 0 Å². The highest BCUT2D eigenvalue weighted by atomic mass is 14.4. The van der Waals surface area contributed by atoms with E-state index in [2.05, 4.69) is 103 Å². The highest BCUT2D eigenvalue weighted by Crippen LogP contribution is 2.45. The maximum Gasteiger partial charge on any atom is 0.00827 e. The molecule has 3 aliphatic rings. The van der Waals surface area contributed by atoms with Gasteiger partial charge in [-0.05, 0) is 108 Å². The molecular weight excluding hydrogens is 456 g/mol. The van der Waals surface area contributed by atoms with Crippen LogP contribution in [0.5, 0.6) is 0 Å². The lowest BCUT2D eigenvalue weighted by atomic mass is 9.71. The number of benzene rings is 2. The molecule has 4 atom stereocenters. The van der Waals surface area contributed by atoms with E-state index in [1.54, 1.807) is 5.56 Å². The molecule has 0 spiro atoms. The molecule has 1 saturated carbocycles. The van der Waals surface area contributed by atoms with Gasteiger partial charge < -0.3 is 0 Å². The lowest BCUT2D eigenvalue weighted by Crippen LogP contribution is -2.21. The standard InChI is InChI=1S/C38H48/c1-24-17-27(4)35(22-30-12-9-11-25(30)2)37(18-24)33-14-10-13-31-19-29(21-36(31)33)20-34-26(3)15-16-32(28(34)5)23-38(6,7)8/h10,13-19,25,30,32,34H,3,5,9,11-12,20-23H2,1-2,4,6-8H3/t25-,30-,32?,34?/m0/s1. The first kappa shape index (κ1) is 27.0. The highest BCUT2D eigenvalue weighted by molar-refractivity contribution is 5.80. The number of rotatable bonds is 6. The molecule has 38 heavy (non-hydrogen) atoms. The molecule has 2 unspecified atom stereocenters. The molecular formula is C38H48. The molecule has 0 nitrogen and oxygen atoms in total. The normalized spacial score (nSPS) is 25.2. The van der Waals surface area contributed by atoms with Gasteiger partial charge in [-0.1, -0.05) is 119 Å². The first-order valence-electron chi connectivity index (χ1n) is 15.0. The van der Waals surface area contributed by atoms with Crippen LogP contribution >= 0.6 is 0 Å². The number of hydrogen-bond acceptors (Lipinski definition) is 0. The third kappa shape index (κ3) is 5.56. The van der Waals surface area contributed by atoms with Crippen LogP contribution in [0.2, 0.25) is 0 Å². The maximum atomic E-state index is 4.61. The van der Waals surface area contributed by atoms with Crippen molar-refractivity contribution in [3.8, 4) is 11.1 Å². The predicted molar refractivity (Wildman–Crippen MR) is 166 cm³/mol. The van der Waals surface area contributed by atoms with Crippen LogP contribution in [0.25, 0.3) is 17.2 Å². The zero-order chi connectivity index (χ0) is 27.2. The largest absolute Gasteiger partial charge is 0.0986 e. The minimum atomic E-state index is 0.291. The third-order valence-electron chi connectivity index (χ3n) is 9.60. The third-order valence-corrected chi connectivity index (χ3v) is 9.60. The van der Waals surface area contributed by atoms with Crippen molar-refractivity contribution in [3.63, 3.8) is 0 Å². The summed E-state index contributed by atoms with van der Waals surface area (Å²) in [5, 5.41) is 0. The van der Waals surface area contributed by atoms with Crippen LogP contribution in [0.4, 0.5) is 0 Å². The van der Waals surface area contributed by atoms with Gasteiger partial charge in [0, 0.05) is 5.92 Å². The first-order chi connectivity index (χ1) is 18.0. The summed E-state index contributed by atoms with van der Waals surface area (Å²) >= 11 is 0. The molecule has 0 bridgehead atoms. The quantitative estimate of drug-likeness (QED) is 0.343. The first-order valence-corrected chi connectivity index (χ1v) is 15.0. The van der Waals surface area contributed by atoms with Gasteiger partial charge in [0.1, 0.15) is 0 Å². The Hall–Kier alpha value is -2.60. The molecule has 1 fully saturated rings. The van der Waals surface area contributed by atoms with E-state index < -0.39 is 0 Å². The van der Waals surface area contributed by atoms with Crippen LogP contribution in [0.15, 0.2) is 72.4 Å². The summed E-state index contributed by atoms with van der Waals surface area (Å²) in [6, 6.07) is 11.8. The van der Waals surface area contributed by atoms with Gasteiger partial charge in [-0.2, -0.15) is 0 Å². The van der Waals surface area contributed by atoms with Crippen LogP contribution in [0.3, 0.4) is 0 Å². The van der Waals surface area contributed by atoms with Gasteiger partial charge >= 0.3 is 0 Å². The summed E-state index contributed by atoms with van der Waals surface area (Å²) < 4.78 is 0. The van der Waals surface area contributed by atoms with Gasteiger partial charge in [0.15, 0.2) is 0 Å². The molecule has 0 amide bonds. The molecule has 0 heterocycles. The Kier molecular flexibility index (Phi) is 7.47. The van der Waals surface area contributed by atoms with Gasteiger partial charge in [0.25, 0.3) is 0 Å². The average molecular weight is 505 g/mol. The van der Waals surface area contributed by atoms with Crippen molar-refractivity contribution in [3.05, 3.63) is 100 Å². The SMILES string of the molecule is C=C1C=CC(CC(C)(C)C)C(=C)C1CC1=Cc2cccc(-c3cc(C)cc(C)c3C[C@@H]3CCC[C@@H]3C)c2C1. The minimum Gasteiger partial charge on any atom is -0.0986 e. The van der Waals surface area contributed by atoms with Gasteiger partial charge in [0.2, 0.25) is 0 Å². The average Bonchev–Trinajstić information content (AvgIpc) is 3.44. The van der Waals surface area contributed by atoms with Crippen molar-refractivity contribution in [1.82, 2.24) is 0 Å². The summed E-state index contributed by atoms with van der Waals surface area (Å²) in [5.74, 6) is 2.45. The number of fused-ring (bicyclic) bond motifs is 1. The Morgan fingerprint density at radius 2 is 1.76 bits per heavy atom. The van der Waals surface area contributed by atoms with Gasteiger partial charge in [-0.25, -0.2) is 0 Å². The van der Waals surface area contributed by atoms with Crippen molar-refractivity contribution in [2.45, 2.75) is 86.5 Å². The summed E-state index contributed by atoms with van der Waals surface area (Å²) in [6.45, 7) is 23.1. The number of aryl methyl sites for hydroxylation is 2. The Morgan fingerprint density at radius 3 is 2.47 bits per heavy atom. The maximum absolute atomic E-state index is 4.61. The van der Waals surface area contributed by atoms with Crippen molar-refractivity contribution >= 4 is 6.08 Å². The van der Waals surface area contributed by atoms with E-state index >= 15 is 0 Å². The van der Waals surface area contributed by atoms with E-state index in [4.69, 9.17) is 0 Å².